The number of piperazine rings is 1. The molecule has 1 aromatic carbocycles. The maximum atomic E-state index is 9.98. The lowest BCUT2D eigenvalue weighted by molar-refractivity contribution is 0.0531. The average molecular weight is 343 g/mol. The van der Waals surface area contributed by atoms with Crippen LogP contribution in [0.4, 0.5) is 0 Å². The summed E-state index contributed by atoms with van der Waals surface area (Å²) in [6, 6.07) is 7.37. The van der Waals surface area contributed by atoms with Crippen LogP contribution in [0.25, 0.3) is 10.9 Å². The van der Waals surface area contributed by atoms with Crippen LogP contribution < -0.4 is 4.74 Å². The molecule has 1 unspecified atom stereocenters. The Morgan fingerprint density at radius 1 is 1.24 bits per heavy atom. The molecule has 0 radical (unpaired) electrons. The van der Waals surface area contributed by atoms with Crippen LogP contribution in [-0.4, -0.2) is 64.4 Å². The van der Waals surface area contributed by atoms with Crippen LogP contribution in [0, 0.1) is 0 Å². The zero-order valence-corrected chi connectivity index (χ0v) is 15.5. The molecule has 1 N–H and O–H groups in total. The summed E-state index contributed by atoms with van der Waals surface area (Å²) in [6.45, 7) is 9.36. The van der Waals surface area contributed by atoms with Crippen molar-refractivity contribution in [3.63, 3.8) is 0 Å². The van der Waals surface area contributed by atoms with Gasteiger partial charge in [0.15, 0.2) is 0 Å². The first kappa shape index (κ1) is 16.9. The minimum Gasteiger partial charge on any atom is -0.497 e. The number of aromatic nitrogens is 1. The van der Waals surface area contributed by atoms with Gasteiger partial charge in [0.1, 0.15) is 5.75 Å². The van der Waals surface area contributed by atoms with Crippen molar-refractivity contribution in [3.05, 3.63) is 30.0 Å². The molecule has 0 amide bonds. The third-order valence-corrected chi connectivity index (χ3v) is 5.96. The highest BCUT2D eigenvalue weighted by atomic mass is 16.5. The average Bonchev–Trinajstić information content (AvgIpc) is 3.14. The van der Waals surface area contributed by atoms with Crippen molar-refractivity contribution in [1.29, 1.82) is 0 Å². The quantitative estimate of drug-likeness (QED) is 0.925. The van der Waals surface area contributed by atoms with Crippen LogP contribution in [0.3, 0.4) is 0 Å². The van der Waals surface area contributed by atoms with Gasteiger partial charge in [-0.15, -0.1) is 0 Å². The van der Waals surface area contributed by atoms with Crippen molar-refractivity contribution in [2.75, 3.05) is 26.7 Å². The zero-order chi connectivity index (χ0) is 17.6. The maximum Gasteiger partial charge on any atom is 0.119 e. The van der Waals surface area contributed by atoms with Gasteiger partial charge < -0.3 is 14.4 Å². The van der Waals surface area contributed by atoms with E-state index in [2.05, 4.69) is 46.5 Å². The van der Waals surface area contributed by atoms with Crippen LogP contribution in [-0.2, 0) is 13.1 Å². The summed E-state index contributed by atoms with van der Waals surface area (Å²) in [5, 5.41) is 11.3. The second-order valence-electron chi connectivity index (χ2n) is 7.60. The summed E-state index contributed by atoms with van der Waals surface area (Å²) < 4.78 is 7.77. The molecule has 0 bridgehead atoms. The molecule has 2 aliphatic rings. The number of rotatable bonds is 4. The molecule has 4 rings (SSSR count). The molecular formula is C20H29N3O2. The van der Waals surface area contributed by atoms with E-state index in [4.69, 9.17) is 4.74 Å². The summed E-state index contributed by atoms with van der Waals surface area (Å²) in [7, 11) is 1.73. The first-order chi connectivity index (χ1) is 12.1. The minimum absolute atomic E-state index is 0.150. The van der Waals surface area contributed by atoms with Gasteiger partial charge in [0.25, 0.3) is 0 Å². The van der Waals surface area contributed by atoms with E-state index in [1.807, 2.05) is 6.07 Å². The van der Waals surface area contributed by atoms with E-state index >= 15 is 0 Å². The summed E-state index contributed by atoms with van der Waals surface area (Å²) in [5.74, 6) is 0.916. The number of aliphatic hydroxyl groups excluding tert-OH is 1. The summed E-state index contributed by atoms with van der Waals surface area (Å²) in [5.41, 5.74) is 2.65. The molecule has 2 aromatic rings. The largest absolute Gasteiger partial charge is 0.497 e. The molecule has 25 heavy (non-hydrogen) atoms. The highest BCUT2D eigenvalue weighted by Crippen LogP contribution is 2.30. The molecule has 0 saturated carbocycles. The SMILES string of the molecule is CCn1cc(CN2CC3C[C@@H](O)CN3C[C@@H]2C)c2cc(OC)ccc21. The molecule has 1 aromatic heterocycles. The van der Waals surface area contributed by atoms with Crippen molar-refractivity contribution in [2.45, 2.75) is 51.5 Å². The van der Waals surface area contributed by atoms with Gasteiger partial charge >= 0.3 is 0 Å². The number of nitrogens with zero attached hydrogens (tertiary/aromatic N) is 3. The van der Waals surface area contributed by atoms with Crippen LogP contribution in [0.15, 0.2) is 24.4 Å². The Morgan fingerprint density at radius 2 is 2.08 bits per heavy atom. The number of fused-ring (bicyclic) bond motifs is 2. The monoisotopic (exact) mass is 343 g/mol. The van der Waals surface area contributed by atoms with Gasteiger partial charge in [-0.05, 0) is 44.0 Å². The first-order valence-electron chi connectivity index (χ1n) is 9.41. The molecule has 0 aliphatic carbocycles. The highest BCUT2D eigenvalue weighted by Gasteiger charge is 2.38. The predicted molar refractivity (Wildman–Crippen MR) is 100 cm³/mol. The summed E-state index contributed by atoms with van der Waals surface area (Å²) in [4.78, 5) is 5.04. The second kappa shape index (κ2) is 6.63. The smallest absolute Gasteiger partial charge is 0.119 e. The number of ether oxygens (including phenoxy) is 1. The van der Waals surface area contributed by atoms with E-state index < -0.39 is 0 Å². The van der Waals surface area contributed by atoms with Crippen LogP contribution in [0.1, 0.15) is 25.8 Å². The fourth-order valence-electron chi connectivity index (χ4n) is 4.58. The van der Waals surface area contributed by atoms with Crippen molar-refractivity contribution in [2.24, 2.45) is 0 Å². The predicted octanol–water partition coefficient (Wildman–Crippen LogP) is 2.31. The number of methoxy groups -OCH3 is 1. The fourth-order valence-corrected chi connectivity index (χ4v) is 4.58. The number of aryl methyl sites for hydroxylation is 1. The lowest BCUT2D eigenvalue weighted by Gasteiger charge is -2.42. The third kappa shape index (κ3) is 3.05. The van der Waals surface area contributed by atoms with Gasteiger partial charge in [0.05, 0.1) is 13.2 Å². The van der Waals surface area contributed by atoms with Gasteiger partial charge in [-0.2, -0.15) is 0 Å². The van der Waals surface area contributed by atoms with Gasteiger partial charge in [-0.3, -0.25) is 9.80 Å². The molecule has 2 saturated heterocycles. The standard InChI is InChI=1S/C20H29N3O2/c1-4-21-10-15(19-8-18(25-3)5-6-20(19)21)11-22-12-16-7-17(24)13-23(16)9-14(22)2/h5-6,8,10,14,16-17,24H,4,7,9,11-13H2,1-3H3/t14-,16?,17+/m0/s1. The van der Waals surface area contributed by atoms with Crippen LogP contribution in [0.2, 0.25) is 0 Å². The zero-order valence-electron chi connectivity index (χ0n) is 15.5. The van der Waals surface area contributed by atoms with E-state index in [-0.39, 0.29) is 6.10 Å². The lowest BCUT2D eigenvalue weighted by atomic mass is 10.1. The lowest BCUT2D eigenvalue weighted by Crippen LogP contribution is -2.54. The van der Waals surface area contributed by atoms with Crippen molar-refractivity contribution in [1.82, 2.24) is 14.4 Å². The number of hydrogen-bond acceptors (Lipinski definition) is 4. The third-order valence-electron chi connectivity index (χ3n) is 5.96. The molecule has 2 aliphatic heterocycles. The fraction of sp³-hybridized carbons (Fsp3) is 0.600. The van der Waals surface area contributed by atoms with Crippen molar-refractivity contribution in [3.8, 4) is 5.75 Å². The molecule has 5 nitrogen and oxygen atoms in total. The summed E-state index contributed by atoms with van der Waals surface area (Å²) >= 11 is 0. The van der Waals surface area contributed by atoms with Gasteiger partial charge in [0.2, 0.25) is 0 Å². The number of benzene rings is 1. The van der Waals surface area contributed by atoms with E-state index in [0.717, 1.165) is 44.9 Å². The van der Waals surface area contributed by atoms with Gasteiger partial charge in [0, 0.05) is 61.9 Å². The van der Waals surface area contributed by atoms with Crippen molar-refractivity contribution >= 4 is 10.9 Å². The van der Waals surface area contributed by atoms with E-state index in [9.17, 15) is 5.11 Å². The molecule has 3 atom stereocenters. The Bertz CT molecular complexity index is 757. The van der Waals surface area contributed by atoms with E-state index in [1.165, 1.54) is 16.5 Å². The van der Waals surface area contributed by atoms with Crippen molar-refractivity contribution < 1.29 is 9.84 Å². The van der Waals surface area contributed by atoms with Gasteiger partial charge in [-0.1, -0.05) is 0 Å². The van der Waals surface area contributed by atoms with Crippen LogP contribution >= 0.6 is 0 Å². The Kier molecular flexibility index (Phi) is 4.48. The van der Waals surface area contributed by atoms with Crippen LogP contribution in [0.5, 0.6) is 5.75 Å². The second-order valence-corrected chi connectivity index (χ2v) is 7.60. The normalized spacial score (nSPS) is 27.8. The molecular weight excluding hydrogens is 314 g/mol. The summed E-state index contributed by atoms with van der Waals surface area (Å²) in [6.07, 6.45) is 3.06. The van der Waals surface area contributed by atoms with Gasteiger partial charge in [-0.25, -0.2) is 0 Å². The highest BCUT2D eigenvalue weighted by molar-refractivity contribution is 5.85. The van der Waals surface area contributed by atoms with E-state index in [0.29, 0.717) is 12.1 Å². The Morgan fingerprint density at radius 3 is 2.84 bits per heavy atom. The number of hydrogen-bond donors (Lipinski definition) is 1. The Balaban J connectivity index is 1.61. The molecule has 5 heteroatoms. The Hall–Kier alpha value is -1.56. The molecule has 0 spiro atoms. The topological polar surface area (TPSA) is 40.9 Å². The molecule has 136 valence electrons. The first-order valence-corrected chi connectivity index (χ1v) is 9.41. The minimum atomic E-state index is -0.150. The molecule has 2 fully saturated rings. The maximum absolute atomic E-state index is 9.98. The number of aliphatic hydroxyl groups is 1. The van der Waals surface area contributed by atoms with E-state index in [1.54, 1.807) is 7.11 Å². The molecule has 3 heterocycles. The Labute approximate surface area is 149 Å².